The Balaban J connectivity index is 2.24. The van der Waals surface area contributed by atoms with E-state index in [0.29, 0.717) is 13.1 Å². The summed E-state index contributed by atoms with van der Waals surface area (Å²) >= 11 is 0. The van der Waals surface area contributed by atoms with Crippen LogP contribution in [0.4, 0.5) is 5.69 Å². The van der Waals surface area contributed by atoms with E-state index in [-0.39, 0.29) is 27.5 Å². The zero-order chi connectivity index (χ0) is 26.2. The maximum Gasteiger partial charge on any atom is 0.274 e. The van der Waals surface area contributed by atoms with Crippen LogP contribution in [0.3, 0.4) is 0 Å². The molecule has 188 valence electrons. The van der Waals surface area contributed by atoms with E-state index in [1.54, 1.807) is 13.8 Å². The van der Waals surface area contributed by atoms with Crippen molar-refractivity contribution in [3.63, 3.8) is 0 Å². The first-order valence-corrected chi connectivity index (χ1v) is 11.8. The predicted octanol–water partition coefficient (Wildman–Crippen LogP) is 1.22. The second kappa shape index (κ2) is 11.9. The lowest BCUT2D eigenvalue weighted by atomic mass is 10.1. The Kier molecular flexibility index (Phi) is 9.25. The second-order valence-corrected chi connectivity index (χ2v) is 8.66. The van der Waals surface area contributed by atoms with Crippen LogP contribution in [0.2, 0.25) is 0 Å². The molecule has 2 amide bonds. The molecule has 0 heterocycles. The lowest BCUT2D eigenvalue weighted by Gasteiger charge is -2.19. The van der Waals surface area contributed by atoms with Gasteiger partial charge in [-0.25, -0.2) is 18.6 Å². The van der Waals surface area contributed by atoms with Crippen molar-refractivity contribution in [2.24, 2.45) is 5.10 Å². The molecule has 2 aromatic rings. The molecule has 0 saturated carbocycles. The quantitative estimate of drug-likeness (QED) is 0.230. The highest BCUT2D eigenvalue weighted by Crippen LogP contribution is 2.33. The molecule has 0 radical (unpaired) electrons. The third-order valence-corrected chi connectivity index (χ3v) is 6.30. The third kappa shape index (κ3) is 6.74. The Labute approximate surface area is 201 Å². The number of ether oxygens (including phenoxy) is 1. The Morgan fingerprint density at radius 2 is 1.89 bits per heavy atom. The van der Waals surface area contributed by atoms with E-state index in [4.69, 9.17) is 4.74 Å². The fraction of sp³-hybridized carbons (Fsp3) is 0.286. The number of hydrogen-bond acceptors (Lipinski definition) is 9. The lowest BCUT2D eigenvalue weighted by Crippen LogP contribution is -2.40. The minimum atomic E-state index is -4.23. The summed E-state index contributed by atoms with van der Waals surface area (Å²) in [4.78, 5) is 36.2. The highest BCUT2D eigenvalue weighted by molar-refractivity contribution is 7.89. The number of nitro groups is 1. The van der Waals surface area contributed by atoms with Gasteiger partial charge < -0.3 is 14.7 Å². The Morgan fingerprint density at radius 1 is 1.23 bits per heavy atom. The molecule has 13 nitrogen and oxygen atoms in total. The number of carbonyl (C=O) groups is 2. The Hall–Kier alpha value is -4.04. The number of non-ortho nitro benzene ring substituents is 1. The van der Waals surface area contributed by atoms with Crippen molar-refractivity contribution >= 4 is 33.7 Å². The van der Waals surface area contributed by atoms with E-state index in [2.05, 4.69) is 15.2 Å². The van der Waals surface area contributed by atoms with Gasteiger partial charge in [0.1, 0.15) is 0 Å². The van der Waals surface area contributed by atoms with Crippen LogP contribution in [-0.4, -0.2) is 68.1 Å². The number of amides is 2. The van der Waals surface area contributed by atoms with Gasteiger partial charge in [0.15, 0.2) is 11.5 Å². The number of benzene rings is 2. The number of sulfonamides is 1. The van der Waals surface area contributed by atoms with Crippen LogP contribution in [0.15, 0.2) is 46.4 Å². The van der Waals surface area contributed by atoms with Gasteiger partial charge in [-0.05, 0) is 26.0 Å². The van der Waals surface area contributed by atoms with Gasteiger partial charge in [0.05, 0.1) is 41.3 Å². The molecule has 0 aliphatic rings. The molecule has 0 unspecified atom stereocenters. The molecule has 0 aliphatic heterocycles. The number of nitrogens with one attached hydrogen (secondary N) is 2. The van der Waals surface area contributed by atoms with Crippen molar-refractivity contribution in [3.05, 3.63) is 57.6 Å². The first-order valence-electron chi connectivity index (χ1n) is 10.3. The molecule has 0 spiro atoms. The van der Waals surface area contributed by atoms with Gasteiger partial charge in [0.2, 0.25) is 15.9 Å². The van der Waals surface area contributed by atoms with Crippen molar-refractivity contribution in [2.75, 3.05) is 26.7 Å². The van der Waals surface area contributed by atoms with Crippen LogP contribution < -0.4 is 14.9 Å². The van der Waals surface area contributed by atoms with E-state index in [9.17, 15) is 33.2 Å². The number of aromatic hydroxyl groups is 1. The number of likely N-dealkylation sites (N-methyl/N-ethyl adjacent to an activating group) is 1. The number of nitrogens with zero attached hydrogens (tertiary/aromatic N) is 3. The van der Waals surface area contributed by atoms with Crippen molar-refractivity contribution in [2.45, 2.75) is 18.7 Å². The smallest absolute Gasteiger partial charge is 0.274 e. The SMILES string of the molecule is CCN(CC)C(=O)CNS(=O)(=O)c1ccccc1C(=O)NN=Cc1cc([N+](=O)[O-])cc(OC)c1O. The number of carbonyl (C=O) groups excluding carboxylic acids is 2. The molecule has 0 aromatic heterocycles. The van der Waals surface area contributed by atoms with Gasteiger partial charge in [-0.3, -0.25) is 19.7 Å². The minimum Gasteiger partial charge on any atom is -0.504 e. The van der Waals surface area contributed by atoms with Gasteiger partial charge in [-0.1, -0.05) is 12.1 Å². The summed E-state index contributed by atoms with van der Waals surface area (Å²) in [5.74, 6) is -1.94. The molecule has 14 heteroatoms. The maximum atomic E-state index is 12.8. The first kappa shape index (κ1) is 27.2. The predicted molar refractivity (Wildman–Crippen MR) is 126 cm³/mol. The van der Waals surface area contributed by atoms with Gasteiger partial charge in [-0.2, -0.15) is 5.10 Å². The summed E-state index contributed by atoms with van der Waals surface area (Å²) < 4.78 is 32.6. The molecule has 3 N–H and O–H groups in total. The zero-order valence-corrected chi connectivity index (χ0v) is 20.0. The van der Waals surface area contributed by atoms with Crippen LogP contribution in [0.1, 0.15) is 29.8 Å². The van der Waals surface area contributed by atoms with E-state index < -0.39 is 39.1 Å². The highest BCUT2D eigenvalue weighted by Gasteiger charge is 2.23. The van der Waals surface area contributed by atoms with Crippen molar-refractivity contribution in [1.82, 2.24) is 15.0 Å². The lowest BCUT2D eigenvalue weighted by molar-refractivity contribution is -0.385. The molecule has 0 atom stereocenters. The average molecular weight is 508 g/mol. The summed E-state index contributed by atoms with van der Waals surface area (Å²) in [5, 5.41) is 24.9. The van der Waals surface area contributed by atoms with E-state index >= 15 is 0 Å². The van der Waals surface area contributed by atoms with Crippen LogP contribution in [0.5, 0.6) is 11.5 Å². The molecule has 0 bridgehead atoms. The topological polar surface area (TPSA) is 181 Å². The summed E-state index contributed by atoms with van der Waals surface area (Å²) in [5.41, 5.74) is 1.36. The second-order valence-electron chi connectivity index (χ2n) is 6.93. The number of hydrogen-bond donors (Lipinski definition) is 3. The molecular formula is C21H25N5O8S. The maximum absolute atomic E-state index is 12.8. The van der Waals surface area contributed by atoms with Crippen LogP contribution >= 0.6 is 0 Å². The van der Waals surface area contributed by atoms with E-state index in [0.717, 1.165) is 18.3 Å². The van der Waals surface area contributed by atoms with Gasteiger partial charge in [0, 0.05) is 24.7 Å². The Bertz CT molecular complexity index is 1240. The zero-order valence-electron chi connectivity index (χ0n) is 19.2. The molecule has 0 saturated heterocycles. The van der Waals surface area contributed by atoms with Crippen molar-refractivity contribution < 1.29 is 32.8 Å². The number of methoxy groups -OCH3 is 1. The average Bonchev–Trinajstić information content (AvgIpc) is 2.84. The minimum absolute atomic E-state index is 0.117. The number of rotatable bonds is 11. The normalized spacial score (nSPS) is 11.3. The third-order valence-electron chi connectivity index (χ3n) is 4.84. The van der Waals surface area contributed by atoms with E-state index in [1.807, 2.05) is 0 Å². The monoisotopic (exact) mass is 507 g/mol. The summed E-state index contributed by atoms with van der Waals surface area (Å²) in [7, 11) is -3.02. The number of hydrazone groups is 1. The van der Waals surface area contributed by atoms with Crippen LogP contribution in [0, 0.1) is 10.1 Å². The molecular weight excluding hydrogens is 482 g/mol. The highest BCUT2D eigenvalue weighted by atomic mass is 32.2. The number of phenolic OH excluding ortho intramolecular Hbond substituents is 1. The fourth-order valence-corrected chi connectivity index (χ4v) is 4.18. The Morgan fingerprint density at radius 3 is 2.49 bits per heavy atom. The van der Waals surface area contributed by atoms with Crippen LogP contribution in [0.25, 0.3) is 0 Å². The molecule has 35 heavy (non-hydrogen) atoms. The standard InChI is InChI=1S/C21H25N5O8S/c1-4-25(5-2)19(27)13-23-35(32,33)18-9-7-6-8-16(18)21(29)24-22-12-14-10-15(26(30)31)11-17(34-3)20(14)28/h6-12,23,28H,4-5,13H2,1-3H3,(H,24,29). The first-order chi connectivity index (χ1) is 16.5. The summed E-state index contributed by atoms with van der Waals surface area (Å²) in [6.45, 7) is 3.88. The number of nitro benzene ring substituents is 1. The van der Waals surface area contributed by atoms with E-state index in [1.165, 1.54) is 36.3 Å². The molecule has 2 rings (SSSR count). The van der Waals surface area contributed by atoms with Crippen molar-refractivity contribution in [3.8, 4) is 11.5 Å². The van der Waals surface area contributed by atoms with Crippen molar-refractivity contribution in [1.29, 1.82) is 0 Å². The molecule has 0 fully saturated rings. The van der Waals surface area contributed by atoms with Gasteiger partial charge >= 0.3 is 0 Å². The number of phenols is 1. The van der Waals surface area contributed by atoms with Crippen LogP contribution in [-0.2, 0) is 14.8 Å². The van der Waals surface area contributed by atoms with Gasteiger partial charge in [-0.15, -0.1) is 0 Å². The summed E-state index contributed by atoms with van der Waals surface area (Å²) in [6.07, 6.45) is 0.945. The fourth-order valence-electron chi connectivity index (χ4n) is 3.01. The molecule has 0 aliphatic carbocycles. The molecule has 2 aromatic carbocycles. The largest absolute Gasteiger partial charge is 0.504 e. The summed E-state index contributed by atoms with van der Waals surface area (Å²) in [6, 6.07) is 7.33. The van der Waals surface area contributed by atoms with Gasteiger partial charge in [0.25, 0.3) is 11.6 Å².